The van der Waals surface area contributed by atoms with Crippen LogP contribution in [0.5, 0.6) is 0 Å². The first-order valence-electron chi connectivity index (χ1n) is 30.0. The van der Waals surface area contributed by atoms with Crippen molar-refractivity contribution in [2.24, 2.45) is 10.7 Å². The largest absolute Gasteiger partial charge is 0.463 e. The number of fused-ring (bicyclic) bond motifs is 1. The van der Waals surface area contributed by atoms with Crippen molar-refractivity contribution in [2.75, 3.05) is 47.5 Å². The number of hydrogen-bond acceptors (Lipinski definition) is 18. The van der Waals surface area contributed by atoms with Gasteiger partial charge in [0.15, 0.2) is 12.6 Å². The van der Waals surface area contributed by atoms with E-state index in [1.165, 1.54) is 42.5 Å². The second-order valence-corrected chi connectivity index (χ2v) is 22.4. The number of amidine groups is 1. The van der Waals surface area contributed by atoms with E-state index in [0.29, 0.717) is 66.4 Å². The Labute approximate surface area is 553 Å². The molecule has 0 unspecified atom stereocenters. The summed E-state index contributed by atoms with van der Waals surface area (Å²) in [6, 6.07) is 43.7. The number of carbonyl (C=O) groups excluding carboxylic acids is 7. The normalized spacial score (nSPS) is 14.0. The quantitative estimate of drug-likeness (QED) is 0.0291. The van der Waals surface area contributed by atoms with Gasteiger partial charge in [-0.15, -0.1) is 0 Å². The lowest BCUT2D eigenvalue weighted by Gasteiger charge is -2.16. The number of aldehydes is 2. The topological polar surface area (TPSA) is 339 Å². The van der Waals surface area contributed by atoms with Crippen LogP contribution in [0.4, 0.5) is 39.8 Å². The highest BCUT2D eigenvalue weighted by molar-refractivity contribution is 9.10. The molecule has 3 saturated heterocycles. The van der Waals surface area contributed by atoms with Gasteiger partial charge in [0.1, 0.15) is 5.84 Å². The molecule has 7 aromatic rings. The molecule has 4 aliphatic heterocycles. The molecule has 0 saturated carbocycles. The van der Waals surface area contributed by atoms with E-state index in [1.54, 1.807) is 47.9 Å². The summed E-state index contributed by atoms with van der Waals surface area (Å²) in [6.07, 6.45) is 8.48. The number of hydrogen-bond donors (Lipinski definition) is 1. The van der Waals surface area contributed by atoms with Crippen molar-refractivity contribution in [2.45, 2.75) is 65.2 Å². The summed E-state index contributed by atoms with van der Waals surface area (Å²) >= 11 is 3.10. The maximum atomic E-state index is 12.2. The number of nitro groups is 3. The van der Waals surface area contributed by atoms with Gasteiger partial charge in [-0.2, -0.15) is 5.26 Å². The molecule has 95 heavy (non-hydrogen) atoms. The van der Waals surface area contributed by atoms with Gasteiger partial charge in [-0.05, 0) is 164 Å². The van der Waals surface area contributed by atoms with Crippen molar-refractivity contribution in [1.29, 1.82) is 5.26 Å². The van der Waals surface area contributed by atoms with Crippen LogP contribution >= 0.6 is 15.9 Å². The number of nitrogens with two attached hydrogens (primary N) is 1. The highest BCUT2D eigenvalue weighted by atomic mass is 79.9. The Hall–Kier alpha value is -11.7. The molecule has 484 valence electrons. The Kier molecular flexibility index (Phi) is 23.7. The summed E-state index contributed by atoms with van der Waals surface area (Å²) in [5.74, 6) is -0.270. The highest BCUT2D eigenvalue weighted by Gasteiger charge is 2.26. The number of ether oxygens (including phenoxy) is 2. The molecule has 0 radical (unpaired) electrons. The van der Waals surface area contributed by atoms with Gasteiger partial charge in [0.25, 0.3) is 17.1 Å². The standard InChI is InChI=1S/C23H21N3O5.C23H23N3O3.C17H14N2O4.C7H4BrNO3/c1-2-31-23(28)18(11-12-24)15-19-14-17(7-10-21(19)26(29)30)16-5-8-20(9-6-16)25-13-3-4-22(25)27;1-2-29-23(28)18-13-17-12-16(7-10-20(17)25-21(24)14-18)15-5-8-19(9-6-15)26-11-3-4-22(26)27;20-11-14-10-13(5-8-16(14)19(22)23)12-3-6-15(7-4-12)18-9-1-2-17(18)21;8-6-1-2-7(9(11)12)5(3-6)4-10/h5-10,14-15H,2-4,11,13H2,1H3;5-10,12-13H,2-4,11,14H2,1H3,(H2,24,25);3-8,10-11H,1-2,9H2;1-4H/b18-15+;;;. The van der Waals surface area contributed by atoms with E-state index in [2.05, 4.69) is 20.9 Å². The Balaban J connectivity index is 0.000000169. The summed E-state index contributed by atoms with van der Waals surface area (Å²) in [4.78, 5) is 122. The zero-order chi connectivity index (χ0) is 68.3. The minimum absolute atomic E-state index is 0.0475. The Morgan fingerprint density at radius 2 is 0.979 bits per heavy atom. The van der Waals surface area contributed by atoms with Crippen molar-refractivity contribution in [3.8, 4) is 39.4 Å². The lowest BCUT2D eigenvalue weighted by molar-refractivity contribution is -0.385. The van der Waals surface area contributed by atoms with Gasteiger partial charge in [0.05, 0.1) is 68.4 Å². The molecule has 0 bridgehead atoms. The average molecular weight is 1350 g/mol. The molecule has 0 aliphatic carbocycles. The number of nitriles is 1. The molecule has 25 heteroatoms. The SMILES string of the molecule is CCOC(=O)/C(=C/c1cc(-c2ccc(N3CCCC3=O)cc2)ccc1[N+](=O)[O-])CC#N.CCOC(=O)C1=Cc2cc(-c3ccc(N4CCCC4=O)cc3)ccc2N=C(N)C1.O=Cc1cc(-c2ccc(N3CCCC3=O)cc2)ccc1[N+](=O)[O-].O=Cc1cc(Br)ccc1[N+](=O)[O-]. The molecule has 11 rings (SSSR count). The van der Waals surface area contributed by atoms with Crippen molar-refractivity contribution in [3.05, 3.63) is 214 Å². The van der Waals surface area contributed by atoms with Crippen molar-refractivity contribution >= 4 is 116 Å². The van der Waals surface area contributed by atoms with Gasteiger partial charge in [0.2, 0.25) is 17.7 Å². The van der Waals surface area contributed by atoms with E-state index in [-0.39, 0.29) is 82.5 Å². The molecular weight excluding hydrogens is 1290 g/mol. The second kappa shape index (κ2) is 32.6. The number of esters is 2. The number of rotatable bonds is 17. The summed E-state index contributed by atoms with van der Waals surface area (Å²) < 4.78 is 10.7. The lowest BCUT2D eigenvalue weighted by atomic mass is 9.99. The number of amides is 3. The van der Waals surface area contributed by atoms with Crippen LogP contribution in [0, 0.1) is 41.7 Å². The maximum absolute atomic E-state index is 12.2. The summed E-state index contributed by atoms with van der Waals surface area (Å²) in [7, 11) is 0. The third kappa shape index (κ3) is 17.7. The first-order chi connectivity index (χ1) is 45.7. The monoisotopic (exact) mass is 1350 g/mol. The van der Waals surface area contributed by atoms with Crippen LogP contribution in [0.25, 0.3) is 45.5 Å². The molecular formula is C70H62BrN9O15. The fraction of sp³-hybridized carbons (Fsp3) is 0.214. The number of anilines is 3. The number of nitrogens with zero attached hydrogens (tertiary/aromatic N) is 8. The number of benzene rings is 7. The van der Waals surface area contributed by atoms with E-state index in [1.807, 2.05) is 102 Å². The van der Waals surface area contributed by atoms with E-state index in [9.17, 15) is 63.9 Å². The van der Waals surface area contributed by atoms with Gasteiger partial charge < -0.3 is 29.9 Å². The predicted molar refractivity (Wildman–Crippen MR) is 361 cm³/mol. The summed E-state index contributed by atoms with van der Waals surface area (Å²) in [5, 5.41) is 41.7. The minimum atomic E-state index is -0.677. The van der Waals surface area contributed by atoms with E-state index in [0.717, 1.165) is 88.5 Å². The smallest absolute Gasteiger partial charge is 0.335 e. The summed E-state index contributed by atoms with van der Waals surface area (Å²) in [6.45, 7) is 6.06. The first-order valence-corrected chi connectivity index (χ1v) is 30.8. The van der Waals surface area contributed by atoms with Crippen molar-refractivity contribution < 1.29 is 57.8 Å². The minimum Gasteiger partial charge on any atom is -0.463 e. The predicted octanol–water partition coefficient (Wildman–Crippen LogP) is 13.4. The lowest BCUT2D eigenvalue weighted by Crippen LogP contribution is -2.23. The Morgan fingerprint density at radius 3 is 1.39 bits per heavy atom. The zero-order valence-electron chi connectivity index (χ0n) is 51.5. The Morgan fingerprint density at radius 1 is 0.579 bits per heavy atom. The van der Waals surface area contributed by atoms with Gasteiger partial charge in [-0.25, -0.2) is 14.6 Å². The molecule has 3 fully saturated rings. The molecule has 24 nitrogen and oxygen atoms in total. The van der Waals surface area contributed by atoms with Crippen LogP contribution in [-0.4, -0.2) is 95.7 Å². The fourth-order valence-electron chi connectivity index (χ4n) is 10.7. The average Bonchev–Trinajstić information content (AvgIpc) is 1.86. The summed E-state index contributed by atoms with van der Waals surface area (Å²) in [5.41, 5.74) is 15.5. The van der Waals surface area contributed by atoms with E-state index >= 15 is 0 Å². The van der Waals surface area contributed by atoms with E-state index in [4.69, 9.17) is 20.5 Å². The van der Waals surface area contributed by atoms with Crippen LogP contribution in [0.1, 0.15) is 97.1 Å². The number of carbonyl (C=O) groups is 7. The zero-order valence-corrected chi connectivity index (χ0v) is 53.1. The van der Waals surface area contributed by atoms with Gasteiger partial charge in [-0.3, -0.25) is 54.3 Å². The van der Waals surface area contributed by atoms with E-state index < -0.39 is 20.7 Å². The highest BCUT2D eigenvalue weighted by Crippen LogP contribution is 2.35. The fourth-order valence-corrected chi connectivity index (χ4v) is 11.1. The molecule has 7 aromatic carbocycles. The third-order valence-corrected chi connectivity index (χ3v) is 15.8. The van der Waals surface area contributed by atoms with Crippen LogP contribution in [0.15, 0.2) is 166 Å². The molecule has 0 spiro atoms. The first kappa shape index (κ1) is 69.2. The van der Waals surface area contributed by atoms with Gasteiger partial charge in [0, 0.05) is 96.2 Å². The van der Waals surface area contributed by atoms with Gasteiger partial charge >= 0.3 is 11.9 Å². The van der Waals surface area contributed by atoms with Crippen LogP contribution in [0.2, 0.25) is 0 Å². The molecule has 4 heterocycles. The number of halogens is 1. The Bertz CT molecular complexity index is 4280. The number of nitro benzene ring substituents is 3. The van der Waals surface area contributed by atoms with Crippen LogP contribution in [0.3, 0.4) is 0 Å². The van der Waals surface area contributed by atoms with Crippen molar-refractivity contribution in [3.63, 3.8) is 0 Å². The molecule has 3 amide bonds. The second-order valence-electron chi connectivity index (χ2n) is 21.5. The molecule has 2 N–H and O–H groups in total. The molecule has 0 aromatic heterocycles. The molecule has 4 aliphatic rings. The van der Waals surface area contributed by atoms with Crippen LogP contribution < -0.4 is 20.4 Å². The number of aliphatic imine (C=N–C) groups is 1. The molecule has 0 atom stereocenters. The third-order valence-electron chi connectivity index (χ3n) is 15.3. The van der Waals surface area contributed by atoms with Gasteiger partial charge in [-0.1, -0.05) is 58.4 Å². The van der Waals surface area contributed by atoms with Crippen molar-refractivity contribution in [1.82, 2.24) is 0 Å². The van der Waals surface area contributed by atoms with Crippen LogP contribution in [-0.2, 0) is 33.4 Å². The maximum Gasteiger partial charge on any atom is 0.335 e.